The van der Waals surface area contributed by atoms with Gasteiger partial charge in [0, 0.05) is 19.8 Å². The van der Waals surface area contributed by atoms with Crippen LogP contribution in [0.5, 0.6) is 0 Å². The van der Waals surface area contributed by atoms with Gasteiger partial charge in [-0.25, -0.2) is 0 Å². The molecule has 0 nitrogen and oxygen atoms in total. The normalized spacial score (nSPS) is 12.5. The zero-order valence-corrected chi connectivity index (χ0v) is 13.8. The molecule has 0 spiro atoms. The molecule has 0 N–H and O–H groups in total. The average molecular weight is 352 g/mol. The first-order chi connectivity index (χ1) is 8.97. The van der Waals surface area contributed by atoms with Crippen molar-refractivity contribution in [2.45, 2.75) is 22.1 Å². The molecule has 2 aromatic carbocycles. The number of rotatable bonds is 3. The van der Waals surface area contributed by atoms with Crippen molar-refractivity contribution in [3.8, 4) is 0 Å². The second kappa shape index (κ2) is 6.60. The summed E-state index contributed by atoms with van der Waals surface area (Å²) in [5.41, 5.74) is 0.982. The lowest BCUT2D eigenvalue weighted by Gasteiger charge is -2.12. The van der Waals surface area contributed by atoms with Gasteiger partial charge in [-0.05, 0) is 48.9 Å². The van der Waals surface area contributed by atoms with Gasteiger partial charge in [-0.3, -0.25) is 0 Å². The second-order valence-electron chi connectivity index (χ2n) is 3.97. The summed E-state index contributed by atoms with van der Waals surface area (Å²) in [6.07, 6.45) is 0. The van der Waals surface area contributed by atoms with Crippen molar-refractivity contribution in [2.24, 2.45) is 0 Å². The van der Waals surface area contributed by atoms with Gasteiger partial charge in [-0.2, -0.15) is 0 Å². The molecule has 0 aliphatic carbocycles. The van der Waals surface area contributed by atoms with Crippen molar-refractivity contribution in [3.05, 3.63) is 57.0 Å². The average Bonchev–Trinajstić information content (AvgIpc) is 2.35. The van der Waals surface area contributed by atoms with Crippen LogP contribution in [0.3, 0.4) is 0 Å². The molecule has 0 fully saturated rings. The number of hydrogen-bond acceptors (Lipinski definition) is 1. The van der Waals surface area contributed by atoms with Gasteiger partial charge in [0.25, 0.3) is 0 Å². The van der Waals surface area contributed by atoms with E-state index in [1.807, 2.05) is 31.2 Å². The highest BCUT2D eigenvalue weighted by atomic mass is 35.5. The number of benzene rings is 2. The lowest BCUT2D eigenvalue weighted by atomic mass is 10.2. The maximum Gasteiger partial charge on any atom is 0.0568 e. The third-order valence-corrected chi connectivity index (χ3v) is 4.81. The minimum absolute atomic E-state index is 0.126. The van der Waals surface area contributed by atoms with Gasteiger partial charge in [-0.1, -0.05) is 46.6 Å². The quantitative estimate of drug-likeness (QED) is 0.531. The summed E-state index contributed by atoms with van der Waals surface area (Å²) in [5, 5.41) is 1.86. The van der Waals surface area contributed by atoms with Crippen molar-refractivity contribution in [2.75, 3.05) is 0 Å². The molecule has 1 atom stereocenters. The van der Waals surface area contributed by atoms with Crippen LogP contribution in [0.2, 0.25) is 15.1 Å². The van der Waals surface area contributed by atoms with Gasteiger partial charge in [0.15, 0.2) is 0 Å². The molecule has 0 heterocycles. The van der Waals surface area contributed by atoms with Crippen molar-refractivity contribution >= 4 is 58.2 Å². The van der Waals surface area contributed by atoms with Crippen LogP contribution in [-0.4, -0.2) is 0 Å². The van der Waals surface area contributed by atoms with Crippen LogP contribution in [0.15, 0.2) is 46.2 Å². The largest absolute Gasteiger partial charge is 0.118 e. The third kappa shape index (κ3) is 3.96. The van der Waals surface area contributed by atoms with Gasteiger partial charge in [-0.15, -0.1) is 11.6 Å². The molecule has 0 aromatic heterocycles. The first kappa shape index (κ1) is 15.3. The van der Waals surface area contributed by atoms with Gasteiger partial charge >= 0.3 is 0 Å². The molecule has 100 valence electrons. The second-order valence-corrected chi connectivity index (χ2v) is 6.99. The standard InChI is InChI=1S/C14H10Cl4S/c1-8(15)11-6-9(16)3-5-13(11)19-14-7-10(17)2-4-12(14)18/h2-8H,1H3. The van der Waals surface area contributed by atoms with Crippen LogP contribution < -0.4 is 0 Å². The Hall–Kier alpha value is -0.0500. The molecule has 0 saturated heterocycles. The van der Waals surface area contributed by atoms with Crippen LogP contribution in [0, 0.1) is 0 Å². The SMILES string of the molecule is CC(Cl)c1cc(Cl)ccc1Sc1cc(Cl)ccc1Cl. The Morgan fingerprint density at radius 1 is 0.895 bits per heavy atom. The molecule has 0 aliphatic heterocycles. The van der Waals surface area contributed by atoms with Crippen LogP contribution >= 0.6 is 58.2 Å². The zero-order chi connectivity index (χ0) is 14.0. The Bertz CT molecular complexity index is 596. The molecule has 0 aliphatic rings. The Labute approximate surface area is 137 Å². The van der Waals surface area contributed by atoms with Crippen molar-refractivity contribution < 1.29 is 0 Å². The summed E-state index contributed by atoms with van der Waals surface area (Å²) in [5.74, 6) is 0. The maximum atomic E-state index is 6.19. The van der Waals surface area contributed by atoms with E-state index < -0.39 is 0 Å². The summed E-state index contributed by atoms with van der Waals surface area (Å²) in [6.45, 7) is 1.91. The zero-order valence-electron chi connectivity index (χ0n) is 9.96. The Morgan fingerprint density at radius 2 is 1.53 bits per heavy atom. The lowest BCUT2D eigenvalue weighted by molar-refractivity contribution is 1.03. The number of alkyl halides is 1. The van der Waals surface area contributed by atoms with Gasteiger partial charge in [0.1, 0.15) is 0 Å². The first-order valence-corrected chi connectivity index (χ1v) is 7.92. The summed E-state index contributed by atoms with van der Waals surface area (Å²) < 4.78 is 0. The molecule has 2 aromatic rings. The van der Waals surface area contributed by atoms with Crippen molar-refractivity contribution in [1.82, 2.24) is 0 Å². The molecular weight excluding hydrogens is 342 g/mol. The van der Waals surface area contributed by atoms with E-state index in [1.165, 1.54) is 11.8 Å². The highest BCUT2D eigenvalue weighted by Crippen LogP contribution is 2.40. The minimum atomic E-state index is -0.126. The lowest BCUT2D eigenvalue weighted by Crippen LogP contribution is -1.89. The minimum Gasteiger partial charge on any atom is -0.118 e. The molecule has 19 heavy (non-hydrogen) atoms. The summed E-state index contributed by atoms with van der Waals surface area (Å²) in [6, 6.07) is 11.0. The van der Waals surface area contributed by atoms with Gasteiger partial charge in [0.2, 0.25) is 0 Å². The molecule has 0 radical (unpaired) electrons. The summed E-state index contributed by atoms with van der Waals surface area (Å²) in [7, 11) is 0. The van der Waals surface area contributed by atoms with Crippen LogP contribution in [-0.2, 0) is 0 Å². The summed E-state index contributed by atoms with van der Waals surface area (Å²) in [4.78, 5) is 1.92. The topological polar surface area (TPSA) is 0 Å². The van der Waals surface area contributed by atoms with E-state index in [9.17, 15) is 0 Å². The van der Waals surface area contributed by atoms with Crippen LogP contribution in [0.25, 0.3) is 0 Å². The molecule has 1 unspecified atom stereocenters. The predicted octanol–water partition coefficient (Wildman–Crippen LogP) is 7.10. The highest BCUT2D eigenvalue weighted by molar-refractivity contribution is 7.99. The Morgan fingerprint density at radius 3 is 2.21 bits per heavy atom. The molecule has 0 saturated carbocycles. The molecular formula is C14H10Cl4S. The fraction of sp³-hybridized carbons (Fsp3) is 0.143. The molecule has 2 rings (SSSR count). The van der Waals surface area contributed by atoms with E-state index in [-0.39, 0.29) is 5.38 Å². The van der Waals surface area contributed by atoms with E-state index in [0.717, 1.165) is 15.4 Å². The fourth-order valence-electron chi connectivity index (χ4n) is 1.60. The van der Waals surface area contributed by atoms with E-state index in [0.29, 0.717) is 15.1 Å². The monoisotopic (exact) mass is 350 g/mol. The van der Waals surface area contributed by atoms with E-state index in [1.54, 1.807) is 12.1 Å². The van der Waals surface area contributed by atoms with E-state index >= 15 is 0 Å². The van der Waals surface area contributed by atoms with E-state index in [2.05, 4.69) is 0 Å². The predicted molar refractivity (Wildman–Crippen MR) is 86.3 cm³/mol. The fourth-order valence-corrected chi connectivity index (χ4v) is 3.57. The number of hydrogen-bond donors (Lipinski definition) is 0. The molecule has 5 heteroatoms. The maximum absolute atomic E-state index is 6.19. The van der Waals surface area contributed by atoms with Gasteiger partial charge < -0.3 is 0 Å². The Kier molecular flexibility index (Phi) is 5.33. The Balaban J connectivity index is 2.40. The van der Waals surface area contributed by atoms with Crippen LogP contribution in [0.1, 0.15) is 17.9 Å². The summed E-state index contributed by atoms with van der Waals surface area (Å²) >= 11 is 25.9. The smallest absolute Gasteiger partial charge is 0.0568 e. The van der Waals surface area contributed by atoms with Gasteiger partial charge in [0.05, 0.1) is 10.4 Å². The van der Waals surface area contributed by atoms with Crippen molar-refractivity contribution in [1.29, 1.82) is 0 Å². The van der Waals surface area contributed by atoms with Crippen molar-refractivity contribution in [3.63, 3.8) is 0 Å². The van der Waals surface area contributed by atoms with E-state index in [4.69, 9.17) is 46.4 Å². The number of halogens is 4. The molecule has 0 bridgehead atoms. The first-order valence-electron chi connectivity index (χ1n) is 5.54. The molecule has 0 amide bonds. The third-order valence-electron chi connectivity index (χ3n) is 2.51. The van der Waals surface area contributed by atoms with Crippen LogP contribution in [0.4, 0.5) is 0 Å². The highest BCUT2D eigenvalue weighted by Gasteiger charge is 2.12.